The number of piperidine rings is 1. The number of rotatable bonds is 3. The van der Waals surface area contributed by atoms with Crippen LogP contribution in [-0.4, -0.2) is 40.5 Å². The second-order valence-corrected chi connectivity index (χ2v) is 10.6. The number of imidazole rings is 1. The molecule has 1 amide bonds. The van der Waals surface area contributed by atoms with Crippen molar-refractivity contribution in [2.75, 3.05) is 19.7 Å². The molecule has 35 heavy (non-hydrogen) atoms. The number of H-pyrrole nitrogens is 1. The molecule has 3 aromatic rings. The molecule has 2 aliphatic heterocycles. The molecule has 0 saturated carbocycles. The molecule has 0 unspecified atom stereocenters. The maximum absolute atomic E-state index is 13.6. The Hall–Kier alpha value is -3.43. The van der Waals surface area contributed by atoms with Crippen molar-refractivity contribution in [3.8, 4) is 17.5 Å². The van der Waals surface area contributed by atoms with Crippen molar-refractivity contribution in [3.63, 3.8) is 0 Å². The topological polar surface area (TPSA) is 82.0 Å². The van der Waals surface area contributed by atoms with Crippen LogP contribution in [0.2, 0.25) is 0 Å². The summed E-state index contributed by atoms with van der Waals surface area (Å²) < 4.78 is 5.76. The largest absolute Gasteiger partial charge is 0.374 e. The highest BCUT2D eigenvalue weighted by Crippen LogP contribution is 2.35. The molecular weight excluding hydrogens is 436 g/mol. The number of fused-ring (bicyclic) bond motifs is 1. The minimum Gasteiger partial charge on any atom is -0.374 e. The number of hydrogen-bond acceptors (Lipinski definition) is 4. The first-order valence-electron chi connectivity index (χ1n) is 12.3. The molecule has 3 heterocycles. The van der Waals surface area contributed by atoms with Crippen molar-refractivity contribution in [1.29, 1.82) is 5.26 Å². The van der Waals surface area contributed by atoms with E-state index in [9.17, 15) is 4.79 Å². The van der Waals surface area contributed by atoms with Crippen LogP contribution in [0.4, 0.5) is 0 Å². The summed E-state index contributed by atoms with van der Waals surface area (Å²) in [7, 11) is 0. The Kier molecular flexibility index (Phi) is 5.98. The molecule has 6 heteroatoms. The van der Waals surface area contributed by atoms with E-state index >= 15 is 0 Å². The van der Waals surface area contributed by atoms with E-state index in [-0.39, 0.29) is 11.3 Å². The third-order valence-corrected chi connectivity index (χ3v) is 7.48. The highest BCUT2D eigenvalue weighted by Gasteiger charge is 2.32. The van der Waals surface area contributed by atoms with Gasteiger partial charge in [-0.2, -0.15) is 5.26 Å². The summed E-state index contributed by atoms with van der Waals surface area (Å²) in [5, 5.41) is 9.03. The maximum Gasteiger partial charge on any atom is 0.254 e. The first kappa shape index (κ1) is 23.3. The van der Waals surface area contributed by atoms with Crippen LogP contribution in [0.5, 0.6) is 0 Å². The number of hydrogen-bond donors (Lipinski definition) is 1. The van der Waals surface area contributed by atoms with E-state index in [1.165, 1.54) is 5.56 Å². The maximum atomic E-state index is 13.6. The highest BCUT2D eigenvalue weighted by atomic mass is 16.5. The van der Waals surface area contributed by atoms with Crippen LogP contribution in [-0.2, 0) is 16.8 Å². The fraction of sp³-hybridized carbons (Fsp3) is 0.414. The Bertz CT molecular complexity index is 1310. The molecule has 5 rings (SSSR count). The number of aromatic amines is 1. The lowest BCUT2D eigenvalue weighted by Crippen LogP contribution is -2.38. The summed E-state index contributed by atoms with van der Waals surface area (Å²) in [5.41, 5.74) is 7.67. The molecule has 2 aromatic carbocycles. The number of ether oxygens (including phenoxy) is 1. The number of aryl methyl sites for hydroxylation is 2. The van der Waals surface area contributed by atoms with Gasteiger partial charge in [0.25, 0.3) is 5.91 Å². The summed E-state index contributed by atoms with van der Waals surface area (Å²) in [6, 6.07) is 14.1. The van der Waals surface area contributed by atoms with E-state index in [0.29, 0.717) is 24.7 Å². The van der Waals surface area contributed by atoms with Gasteiger partial charge in [0.15, 0.2) is 0 Å². The van der Waals surface area contributed by atoms with Gasteiger partial charge in [0.2, 0.25) is 0 Å². The second-order valence-electron chi connectivity index (χ2n) is 10.6. The number of aromatic nitrogens is 2. The lowest BCUT2D eigenvalue weighted by Gasteiger charge is -2.32. The van der Waals surface area contributed by atoms with E-state index in [4.69, 9.17) is 15.0 Å². The first-order chi connectivity index (χ1) is 16.8. The van der Waals surface area contributed by atoms with Crippen LogP contribution >= 0.6 is 0 Å². The van der Waals surface area contributed by atoms with E-state index in [1.807, 2.05) is 42.2 Å². The van der Waals surface area contributed by atoms with Gasteiger partial charge in [0.05, 0.1) is 36.2 Å². The van der Waals surface area contributed by atoms with E-state index in [0.717, 1.165) is 65.4 Å². The van der Waals surface area contributed by atoms with E-state index in [2.05, 4.69) is 37.9 Å². The number of carbonyl (C=O) groups is 1. The Morgan fingerprint density at radius 1 is 1.14 bits per heavy atom. The summed E-state index contributed by atoms with van der Waals surface area (Å²) in [6.07, 6.45) is 1.85. The lowest BCUT2D eigenvalue weighted by molar-refractivity contribution is 0.0605. The quantitative estimate of drug-likeness (QED) is 0.559. The van der Waals surface area contributed by atoms with Crippen LogP contribution in [0.3, 0.4) is 0 Å². The minimum absolute atomic E-state index is 0.0852. The molecule has 2 aliphatic rings. The standard InChI is InChI=1S/C29H32N4O2/c1-18-13-19(2)24(14-23(18)27-31-25-16-35-17-29(3,4)26(25)32-27)28(34)33-11-9-22(10-12-33)21-7-5-20(15-30)6-8-21/h5-8,13-14,22H,9-12,16-17H2,1-4H3,(H,31,32). The van der Waals surface area contributed by atoms with Crippen LogP contribution in [0.1, 0.15) is 76.6 Å². The summed E-state index contributed by atoms with van der Waals surface area (Å²) >= 11 is 0. The number of likely N-dealkylation sites (tertiary alicyclic amines) is 1. The normalized spacial score (nSPS) is 17.6. The molecule has 0 aliphatic carbocycles. The first-order valence-corrected chi connectivity index (χ1v) is 12.3. The van der Waals surface area contributed by atoms with Crippen LogP contribution in [0, 0.1) is 25.2 Å². The minimum atomic E-state index is -0.140. The molecule has 0 spiro atoms. The zero-order valence-electron chi connectivity index (χ0n) is 20.9. The Balaban J connectivity index is 1.36. The van der Waals surface area contributed by atoms with Crippen molar-refractivity contribution in [2.45, 2.75) is 58.5 Å². The SMILES string of the molecule is Cc1cc(C)c(-c2nc3c([nH]2)COCC3(C)C)cc1C(=O)N1CCC(c2ccc(C#N)cc2)CC1. The summed E-state index contributed by atoms with van der Waals surface area (Å²) in [5.74, 6) is 1.31. The fourth-order valence-corrected chi connectivity index (χ4v) is 5.43. The molecule has 1 aromatic heterocycles. The van der Waals surface area contributed by atoms with Crippen molar-refractivity contribution < 1.29 is 9.53 Å². The smallest absolute Gasteiger partial charge is 0.254 e. The monoisotopic (exact) mass is 468 g/mol. The van der Waals surface area contributed by atoms with Gasteiger partial charge < -0.3 is 14.6 Å². The van der Waals surface area contributed by atoms with Crippen molar-refractivity contribution in [2.24, 2.45) is 0 Å². The van der Waals surface area contributed by atoms with Gasteiger partial charge in [0.1, 0.15) is 5.82 Å². The van der Waals surface area contributed by atoms with Gasteiger partial charge in [-0.15, -0.1) is 0 Å². The number of nitrogens with one attached hydrogen (secondary N) is 1. The van der Waals surface area contributed by atoms with Crippen LogP contribution in [0.15, 0.2) is 36.4 Å². The van der Waals surface area contributed by atoms with Gasteiger partial charge in [-0.25, -0.2) is 4.98 Å². The van der Waals surface area contributed by atoms with Crippen LogP contribution < -0.4 is 0 Å². The van der Waals surface area contributed by atoms with E-state index in [1.54, 1.807) is 0 Å². The average Bonchev–Trinajstić information content (AvgIpc) is 3.29. The highest BCUT2D eigenvalue weighted by molar-refractivity contribution is 5.97. The number of amides is 1. The molecule has 180 valence electrons. The number of nitrogens with zero attached hydrogens (tertiary/aromatic N) is 3. The number of carbonyl (C=O) groups excluding carboxylic acids is 1. The molecule has 0 bridgehead atoms. The van der Waals surface area contributed by atoms with Crippen molar-refractivity contribution >= 4 is 5.91 Å². The summed E-state index contributed by atoms with van der Waals surface area (Å²) in [6.45, 7) is 11.0. The lowest BCUT2D eigenvalue weighted by atomic mass is 9.87. The number of benzene rings is 2. The molecule has 1 N–H and O–H groups in total. The molecule has 0 radical (unpaired) electrons. The van der Waals surface area contributed by atoms with Gasteiger partial charge in [-0.1, -0.05) is 32.0 Å². The number of nitriles is 1. The van der Waals surface area contributed by atoms with Gasteiger partial charge in [-0.3, -0.25) is 4.79 Å². The summed E-state index contributed by atoms with van der Waals surface area (Å²) in [4.78, 5) is 24.0. The second kappa shape index (κ2) is 8.98. The molecule has 1 saturated heterocycles. The average molecular weight is 469 g/mol. The predicted octanol–water partition coefficient (Wildman–Crippen LogP) is 5.39. The van der Waals surface area contributed by atoms with Gasteiger partial charge >= 0.3 is 0 Å². The van der Waals surface area contributed by atoms with E-state index < -0.39 is 0 Å². The predicted molar refractivity (Wildman–Crippen MR) is 135 cm³/mol. The molecular formula is C29H32N4O2. The Morgan fingerprint density at radius 2 is 1.86 bits per heavy atom. The zero-order valence-corrected chi connectivity index (χ0v) is 20.9. The Labute approximate surface area is 206 Å². The van der Waals surface area contributed by atoms with Crippen molar-refractivity contribution in [3.05, 3.63) is 75.6 Å². The van der Waals surface area contributed by atoms with Crippen molar-refractivity contribution in [1.82, 2.24) is 14.9 Å². The van der Waals surface area contributed by atoms with Gasteiger partial charge in [0, 0.05) is 29.6 Å². The Morgan fingerprint density at radius 3 is 2.51 bits per heavy atom. The molecule has 1 fully saturated rings. The van der Waals surface area contributed by atoms with Gasteiger partial charge in [-0.05, 0) is 67.5 Å². The fourth-order valence-electron chi connectivity index (χ4n) is 5.43. The van der Waals surface area contributed by atoms with Crippen LogP contribution in [0.25, 0.3) is 11.4 Å². The third kappa shape index (κ3) is 4.37. The zero-order chi connectivity index (χ0) is 24.7. The molecule has 0 atom stereocenters. The third-order valence-electron chi connectivity index (χ3n) is 7.48. The molecule has 6 nitrogen and oxygen atoms in total.